The molecule has 2 atom stereocenters. The second-order valence-corrected chi connectivity index (χ2v) is 5.04. The SMILES string of the molecule is C1=CCCC(C2CC(c3ccccc3)C=CN2)=C1. The molecule has 1 aliphatic heterocycles. The Morgan fingerprint density at radius 1 is 1.11 bits per heavy atom. The van der Waals surface area contributed by atoms with Crippen molar-refractivity contribution in [1.82, 2.24) is 5.32 Å². The first kappa shape index (κ1) is 11.3. The summed E-state index contributed by atoms with van der Waals surface area (Å²) in [5.74, 6) is 0.546. The van der Waals surface area contributed by atoms with E-state index in [9.17, 15) is 0 Å². The first-order chi connectivity index (χ1) is 8.93. The summed E-state index contributed by atoms with van der Waals surface area (Å²) in [7, 11) is 0. The number of hydrogen-bond acceptors (Lipinski definition) is 1. The molecule has 2 unspecified atom stereocenters. The van der Waals surface area contributed by atoms with Gasteiger partial charge in [-0.15, -0.1) is 0 Å². The summed E-state index contributed by atoms with van der Waals surface area (Å²) in [5.41, 5.74) is 2.97. The lowest BCUT2D eigenvalue weighted by molar-refractivity contribution is 0.532. The van der Waals surface area contributed by atoms with Gasteiger partial charge in [0.15, 0.2) is 0 Å². The van der Waals surface area contributed by atoms with Crippen LogP contribution in [0.1, 0.15) is 30.7 Å². The third-order valence-electron chi connectivity index (χ3n) is 3.84. The fraction of sp³-hybridized carbons (Fsp3) is 0.294. The molecule has 92 valence electrons. The maximum Gasteiger partial charge on any atom is 0.0480 e. The second kappa shape index (κ2) is 5.26. The average Bonchev–Trinajstić information content (AvgIpc) is 2.49. The molecule has 0 spiro atoms. The normalized spacial score (nSPS) is 26.6. The predicted molar refractivity (Wildman–Crippen MR) is 76.3 cm³/mol. The summed E-state index contributed by atoms with van der Waals surface area (Å²) < 4.78 is 0. The second-order valence-electron chi connectivity index (χ2n) is 5.04. The van der Waals surface area contributed by atoms with Gasteiger partial charge in [-0.05, 0) is 36.6 Å². The zero-order valence-corrected chi connectivity index (χ0v) is 10.5. The minimum atomic E-state index is 0.505. The van der Waals surface area contributed by atoms with Crippen LogP contribution in [0, 0.1) is 0 Å². The summed E-state index contributed by atoms with van der Waals surface area (Å²) >= 11 is 0. The van der Waals surface area contributed by atoms with Gasteiger partial charge in [0.05, 0.1) is 0 Å². The lowest BCUT2D eigenvalue weighted by Gasteiger charge is -2.29. The van der Waals surface area contributed by atoms with Gasteiger partial charge in [-0.25, -0.2) is 0 Å². The topological polar surface area (TPSA) is 12.0 Å². The minimum absolute atomic E-state index is 0.505. The third-order valence-corrected chi connectivity index (χ3v) is 3.84. The van der Waals surface area contributed by atoms with Crippen molar-refractivity contribution in [3.8, 4) is 0 Å². The summed E-state index contributed by atoms with van der Waals surface area (Å²) in [5, 5.41) is 3.51. The van der Waals surface area contributed by atoms with Crippen molar-refractivity contribution >= 4 is 0 Å². The summed E-state index contributed by atoms with van der Waals surface area (Å²) in [4.78, 5) is 0. The van der Waals surface area contributed by atoms with Crippen molar-refractivity contribution in [1.29, 1.82) is 0 Å². The third kappa shape index (κ3) is 2.40. The van der Waals surface area contributed by atoms with Crippen LogP contribution >= 0.6 is 0 Å². The van der Waals surface area contributed by atoms with Crippen LogP contribution in [0.2, 0.25) is 0 Å². The Balaban J connectivity index is 1.76. The van der Waals surface area contributed by atoms with Gasteiger partial charge in [0.1, 0.15) is 0 Å². The Hall–Kier alpha value is -1.76. The molecule has 1 aromatic rings. The van der Waals surface area contributed by atoms with Crippen LogP contribution in [-0.2, 0) is 0 Å². The molecule has 0 aromatic heterocycles. The number of hydrogen-bond donors (Lipinski definition) is 1. The van der Waals surface area contributed by atoms with Crippen molar-refractivity contribution in [2.75, 3.05) is 0 Å². The van der Waals surface area contributed by atoms with Crippen molar-refractivity contribution in [2.45, 2.75) is 31.2 Å². The van der Waals surface area contributed by atoms with Gasteiger partial charge < -0.3 is 5.32 Å². The highest BCUT2D eigenvalue weighted by Crippen LogP contribution is 2.29. The fourth-order valence-corrected chi connectivity index (χ4v) is 2.81. The Labute approximate surface area is 109 Å². The Morgan fingerprint density at radius 2 is 2.00 bits per heavy atom. The smallest absolute Gasteiger partial charge is 0.0480 e. The highest BCUT2D eigenvalue weighted by molar-refractivity contribution is 5.30. The van der Waals surface area contributed by atoms with Crippen molar-refractivity contribution in [3.05, 3.63) is 72.0 Å². The predicted octanol–water partition coefficient (Wildman–Crippen LogP) is 3.92. The van der Waals surface area contributed by atoms with Crippen LogP contribution in [0.4, 0.5) is 0 Å². The van der Waals surface area contributed by atoms with Crippen molar-refractivity contribution in [2.24, 2.45) is 0 Å². The largest absolute Gasteiger partial charge is 0.385 e. The molecule has 18 heavy (non-hydrogen) atoms. The van der Waals surface area contributed by atoms with E-state index in [2.05, 4.69) is 66.2 Å². The van der Waals surface area contributed by atoms with E-state index in [0.717, 1.165) is 0 Å². The first-order valence-corrected chi connectivity index (χ1v) is 6.77. The average molecular weight is 237 g/mol. The van der Waals surface area contributed by atoms with Crippen LogP contribution < -0.4 is 5.32 Å². The van der Waals surface area contributed by atoms with E-state index in [-0.39, 0.29) is 0 Å². The van der Waals surface area contributed by atoms with Gasteiger partial charge in [-0.3, -0.25) is 0 Å². The van der Waals surface area contributed by atoms with Crippen LogP contribution in [-0.4, -0.2) is 6.04 Å². The molecule has 0 radical (unpaired) electrons. The van der Waals surface area contributed by atoms with Crippen molar-refractivity contribution < 1.29 is 0 Å². The highest BCUT2D eigenvalue weighted by Gasteiger charge is 2.21. The van der Waals surface area contributed by atoms with Gasteiger partial charge in [0.25, 0.3) is 0 Å². The molecule has 0 bridgehead atoms. The molecule has 1 aromatic carbocycles. The molecule has 1 heterocycles. The molecule has 0 saturated heterocycles. The van der Waals surface area contributed by atoms with E-state index in [0.29, 0.717) is 12.0 Å². The van der Waals surface area contributed by atoms with E-state index in [1.807, 2.05) is 0 Å². The Kier molecular flexibility index (Phi) is 3.31. The van der Waals surface area contributed by atoms with Gasteiger partial charge >= 0.3 is 0 Å². The standard InChI is InChI=1S/C17H19N/c1-3-7-14(8-4-1)16-11-12-18-17(13-16)15-9-5-2-6-10-15/h1-5,7-9,11-12,16-18H,6,10,13H2. The quantitative estimate of drug-likeness (QED) is 0.822. The number of nitrogens with one attached hydrogen (secondary N) is 1. The van der Waals surface area contributed by atoms with Gasteiger partial charge in [0.2, 0.25) is 0 Å². The molecule has 3 rings (SSSR count). The van der Waals surface area contributed by atoms with E-state index >= 15 is 0 Å². The number of benzene rings is 1. The van der Waals surface area contributed by atoms with Gasteiger partial charge in [-0.1, -0.05) is 54.6 Å². The lowest BCUT2D eigenvalue weighted by atomic mass is 9.85. The first-order valence-electron chi connectivity index (χ1n) is 6.77. The van der Waals surface area contributed by atoms with Crippen LogP contribution in [0.15, 0.2) is 66.4 Å². The summed E-state index contributed by atoms with van der Waals surface area (Å²) in [6, 6.07) is 11.3. The molecule has 0 saturated carbocycles. The molecule has 0 fully saturated rings. The number of rotatable bonds is 2. The number of allylic oxidation sites excluding steroid dienone is 4. The maximum atomic E-state index is 3.51. The minimum Gasteiger partial charge on any atom is -0.385 e. The summed E-state index contributed by atoms with van der Waals surface area (Å²) in [6.45, 7) is 0. The van der Waals surface area contributed by atoms with Crippen LogP contribution in [0.5, 0.6) is 0 Å². The fourth-order valence-electron chi connectivity index (χ4n) is 2.81. The van der Waals surface area contributed by atoms with E-state index < -0.39 is 0 Å². The zero-order chi connectivity index (χ0) is 12.2. The van der Waals surface area contributed by atoms with E-state index in [4.69, 9.17) is 0 Å². The van der Waals surface area contributed by atoms with E-state index in [1.54, 1.807) is 5.57 Å². The van der Waals surface area contributed by atoms with Crippen LogP contribution in [0.25, 0.3) is 0 Å². The highest BCUT2D eigenvalue weighted by atomic mass is 14.9. The molecule has 1 N–H and O–H groups in total. The van der Waals surface area contributed by atoms with Crippen molar-refractivity contribution in [3.63, 3.8) is 0 Å². The molecular formula is C17H19N. The Bertz CT molecular complexity index is 482. The zero-order valence-electron chi connectivity index (χ0n) is 10.5. The van der Waals surface area contributed by atoms with Gasteiger partial charge in [-0.2, -0.15) is 0 Å². The monoisotopic (exact) mass is 237 g/mol. The molecule has 1 heteroatoms. The molecular weight excluding hydrogens is 218 g/mol. The lowest BCUT2D eigenvalue weighted by Crippen LogP contribution is -2.32. The molecule has 0 amide bonds. The summed E-state index contributed by atoms with van der Waals surface area (Å²) in [6.07, 6.45) is 14.7. The molecule has 2 aliphatic rings. The van der Waals surface area contributed by atoms with E-state index in [1.165, 1.54) is 24.8 Å². The van der Waals surface area contributed by atoms with Gasteiger partial charge in [0, 0.05) is 12.0 Å². The molecule has 1 aliphatic carbocycles. The maximum absolute atomic E-state index is 3.51. The van der Waals surface area contributed by atoms with Crippen LogP contribution in [0.3, 0.4) is 0 Å². The Morgan fingerprint density at radius 3 is 2.78 bits per heavy atom. The molecule has 1 nitrogen and oxygen atoms in total.